The Kier molecular flexibility index (Phi) is 8.07. The first-order chi connectivity index (χ1) is 13.3. The fourth-order valence-corrected chi connectivity index (χ4v) is 3.16. The van der Waals surface area contributed by atoms with Crippen LogP contribution in [0.5, 0.6) is 0 Å². The maximum atomic E-state index is 12.2. The van der Waals surface area contributed by atoms with E-state index in [1.165, 1.54) is 17.3 Å². The van der Waals surface area contributed by atoms with Crippen molar-refractivity contribution < 1.29 is 19.5 Å². The van der Waals surface area contributed by atoms with Crippen LogP contribution in [0.15, 0.2) is 53.4 Å². The van der Waals surface area contributed by atoms with Gasteiger partial charge in [0.1, 0.15) is 0 Å². The Morgan fingerprint density at radius 2 is 1.61 bits per heavy atom. The fraction of sp³-hybridized carbons (Fsp3) is 0.286. The standard InChI is InChI=1S/C21H24N2O4S/c1-14(2)15-6-8-16(9-7-15)22-20(25)13-28-18-5-3-4-17(12-18)23-19(24)10-11-21(26)27/h3-9,12,14H,10-11,13H2,1-2H3,(H,22,25)(H,23,24)(H,26,27). The molecular weight excluding hydrogens is 376 g/mol. The van der Waals surface area contributed by atoms with Crippen molar-refractivity contribution in [2.75, 3.05) is 16.4 Å². The van der Waals surface area contributed by atoms with Crippen LogP contribution in [0, 0.1) is 0 Å². The van der Waals surface area contributed by atoms with Crippen LogP contribution in [-0.4, -0.2) is 28.6 Å². The Morgan fingerprint density at radius 3 is 2.25 bits per heavy atom. The lowest BCUT2D eigenvalue weighted by molar-refractivity contribution is -0.138. The smallest absolute Gasteiger partial charge is 0.303 e. The number of carbonyl (C=O) groups is 3. The fourth-order valence-electron chi connectivity index (χ4n) is 2.40. The number of hydrogen-bond acceptors (Lipinski definition) is 4. The van der Waals surface area contributed by atoms with Gasteiger partial charge in [-0.25, -0.2) is 0 Å². The number of hydrogen-bond donors (Lipinski definition) is 3. The zero-order chi connectivity index (χ0) is 20.5. The Labute approximate surface area is 168 Å². The van der Waals surface area contributed by atoms with Gasteiger partial charge >= 0.3 is 5.97 Å². The first kappa shape index (κ1) is 21.5. The van der Waals surface area contributed by atoms with Crippen molar-refractivity contribution in [2.24, 2.45) is 0 Å². The molecule has 0 fully saturated rings. The van der Waals surface area contributed by atoms with Crippen LogP contribution in [0.4, 0.5) is 11.4 Å². The molecule has 0 bridgehead atoms. The summed E-state index contributed by atoms with van der Waals surface area (Å²) in [6.45, 7) is 4.24. The molecule has 0 atom stereocenters. The molecule has 6 nitrogen and oxygen atoms in total. The van der Waals surface area contributed by atoms with E-state index >= 15 is 0 Å². The minimum absolute atomic E-state index is 0.0787. The predicted molar refractivity (Wildman–Crippen MR) is 112 cm³/mol. The van der Waals surface area contributed by atoms with Crippen LogP contribution in [-0.2, 0) is 14.4 Å². The van der Waals surface area contributed by atoms with E-state index in [-0.39, 0.29) is 30.4 Å². The summed E-state index contributed by atoms with van der Waals surface area (Å²) in [6.07, 6.45) is -0.288. The molecule has 0 aliphatic heterocycles. The quantitative estimate of drug-likeness (QED) is 0.544. The molecule has 0 saturated heterocycles. The highest BCUT2D eigenvalue weighted by atomic mass is 32.2. The summed E-state index contributed by atoms with van der Waals surface area (Å²) in [6, 6.07) is 14.9. The zero-order valence-corrected chi connectivity index (χ0v) is 16.7. The average molecular weight is 401 g/mol. The molecule has 2 rings (SSSR count). The molecule has 0 radical (unpaired) electrons. The van der Waals surface area contributed by atoms with Gasteiger partial charge in [-0.15, -0.1) is 11.8 Å². The number of carboxylic acids is 1. The van der Waals surface area contributed by atoms with Crippen molar-refractivity contribution in [3.63, 3.8) is 0 Å². The number of benzene rings is 2. The number of carbonyl (C=O) groups excluding carboxylic acids is 2. The van der Waals surface area contributed by atoms with Crippen LogP contribution < -0.4 is 10.6 Å². The van der Waals surface area contributed by atoms with Gasteiger partial charge in [0.25, 0.3) is 0 Å². The molecule has 0 aliphatic carbocycles. The summed E-state index contributed by atoms with van der Waals surface area (Å²) in [5.74, 6) is -0.797. The first-order valence-corrected chi connectivity index (χ1v) is 9.96. The van der Waals surface area contributed by atoms with Crippen molar-refractivity contribution in [3.05, 3.63) is 54.1 Å². The highest BCUT2D eigenvalue weighted by Crippen LogP contribution is 2.22. The maximum absolute atomic E-state index is 12.2. The second-order valence-electron chi connectivity index (χ2n) is 6.58. The monoisotopic (exact) mass is 400 g/mol. The van der Waals surface area contributed by atoms with Crippen LogP contribution >= 0.6 is 11.8 Å². The molecule has 0 aromatic heterocycles. The second kappa shape index (κ2) is 10.5. The molecule has 28 heavy (non-hydrogen) atoms. The summed E-state index contributed by atoms with van der Waals surface area (Å²) in [4.78, 5) is 35.2. The molecule has 148 valence electrons. The largest absolute Gasteiger partial charge is 0.481 e. The molecule has 0 spiro atoms. The summed E-state index contributed by atoms with van der Waals surface area (Å²) < 4.78 is 0. The van der Waals surface area contributed by atoms with Gasteiger partial charge in [-0.2, -0.15) is 0 Å². The number of thioether (sulfide) groups is 1. The molecule has 2 amide bonds. The number of amides is 2. The van der Waals surface area contributed by atoms with Gasteiger partial charge in [0.05, 0.1) is 12.2 Å². The van der Waals surface area contributed by atoms with Gasteiger partial charge in [-0.1, -0.05) is 32.0 Å². The normalized spacial score (nSPS) is 10.5. The minimum atomic E-state index is -1.01. The van der Waals surface area contributed by atoms with E-state index in [1.807, 2.05) is 30.3 Å². The van der Waals surface area contributed by atoms with E-state index < -0.39 is 5.97 Å². The molecule has 3 N–H and O–H groups in total. The predicted octanol–water partition coefficient (Wildman–Crippen LogP) is 4.34. The van der Waals surface area contributed by atoms with E-state index in [0.717, 1.165) is 10.6 Å². The van der Waals surface area contributed by atoms with Gasteiger partial charge in [0, 0.05) is 22.7 Å². The van der Waals surface area contributed by atoms with Crippen LogP contribution in [0.25, 0.3) is 0 Å². The third-order valence-corrected chi connectivity index (χ3v) is 4.91. The molecule has 2 aromatic carbocycles. The van der Waals surface area contributed by atoms with Crippen LogP contribution in [0.3, 0.4) is 0 Å². The SMILES string of the molecule is CC(C)c1ccc(NC(=O)CSc2cccc(NC(=O)CCC(=O)O)c2)cc1. The minimum Gasteiger partial charge on any atom is -0.481 e. The molecule has 0 aliphatic rings. The number of rotatable bonds is 9. The van der Waals surface area contributed by atoms with E-state index in [9.17, 15) is 14.4 Å². The van der Waals surface area contributed by atoms with Crippen LogP contribution in [0.2, 0.25) is 0 Å². The van der Waals surface area contributed by atoms with Gasteiger partial charge in [-0.05, 0) is 41.8 Å². The van der Waals surface area contributed by atoms with E-state index in [4.69, 9.17) is 5.11 Å². The Balaban J connectivity index is 1.84. The second-order valence-corrected chi connectivity index (χ2v) is 7.63. The van der Waals surface area contributed by atoms with Crippen molar-refractivity contribution >= 4 is 40.9 Å². The molecule has 7 heteroatoms. The summed E-state index contributed by atoms with van der Waals surface area (Å²) in [5, 5.41) is 14.1. The Morgan fingerprint density at radius 1 is 0.929 bits per heavy atom. The topological polar surface area (TPSA) is 95.5 Å². The van der Waals surface area contributed by atoms with Gasteiger partial charge in [0.2, 0.25) is 11.8 Å². The van der Waals surface area contributed by atoms with E-state index in [2.05, 4.69) is 24.5 Å². The van der Waals surface area contributed by atoms with Crippen molar-refractivity contribution in [3.8, 4) is 0 Å². The Hall–Kier alpha value is -2.80. The lowest BCUT2D eigenvalue weighted by atomic mass is 10.0. The summed E-state index contributed by atoms with van der Waals surface area (Å²) in [7, 11) is 0. The summed E-state index contributed by atoms with van der Waals surface area (Å²) in [5.41, 5.74) is 2.55. The molecule has 2 aromatic rings. The summed E-state index contributed by atoms with van der Waals surface area (Å²) >= 11 is 1.36. The van der Waals surface area contributed by atoms with Crippen molar-refractivity contribution in [2.45, 2.75) is 37.5 Å². The average Bonchev–Trinajstić information content (AvgIpc) is 2.65. The highest BCUT2D eigenvalue weighted by molar-refractivity contribution is 8.00. The number of carboxylic acid groups (broad SMARTS) is 1. The van der Waals surface area contributed by atoms with E-state index in [0.29, 0.717) is 11.6 Å². The van der Waals surface area contributed by atoms with Crippen molar-refractivity contribution in [1.29, 1.82) is 0 Å². The highest BCUT2D eigenvalue weighted by Gasteiger charge is 2.08. The Bertz CT molecular complexity index is 835. The molecule has 0 unspecified atom stereocenters. The lowest BCUT2D eigenvalue weighted by Gasteiger charge is -2.09. The lowest BCUT2D eigenvalue weighted by Crippen LogP contribution is -2.14. The number of anilines is 2. The first-order valence-electron chi connectivity index (χ1n) is 8.98. The maximum Gasteiger partial charge on any atom is 0.303 e. The zero-order valence-electron chi connectivity index (χ0n) is 15.9. The third kappa shape index (κ3) is 7.44. The molecule has 0 heterocycles. The number of aliphatic carboxylic acids is 1. The van der Waals surface area contributed by atoms with Crippen LogP contribution in [0.1, 0.15) is 38.2 Å². The van der Waals surface area contributed by atoms with E-state index in [1.54, 1.807) is 18.2 Å². The molecular formula is C21H24N2O4S. The third-order valence-electron chi connectivity index (χ3n) is 3.91. The van der Waals surface area contributed by atoms with Gasteiger partial charge in [0.15, 0.2) is 0 Å². The van der Waals surface area contributed by atoms with Crippen molar-refractivity contribution in [1.82, 2.24) is 0 Å². The van der Waals surface area contributed by atoms with Gasteiger partial charge < -0.3 is 15.7 Å². The molecule has 0 saturated carbocycles. The van der Waals surface area contributed by atoms with Gasteiger partial charge in [-0.3, -0.25) is 14.4 Å². The number of nitrogens with one attached hydrogen (secondary N) is 2.